The second kappa shape index (κ2) is 5.87. The molecule has 0 amide bonds. The quantitative estimate of drug-likeness (QED) is 0.705. The van der Waals surface area contributed by atoms with Gasteiger partial charge >= 0.3 is 0 Å². The summed E-state index contributed by atoms with van der Waals surface area (Å²) in [5, 5.41) is 9.80. The van der Waals surface area contributed by atoms with E-state index in [9.17, 15) is 5.11 Å². The van der Waals surface area contributed by atoms with Crippen LogP contribution in [0.2, 0.25) is 0 Å². The lowest BCUT2D eigenvalue weighted by Gasteiger charge is -2.22. The Labute approximate surface area is 97.5 Å². The third kappa shape index (κ3) is 2.97. The van der Waals surface area contributed by atoms with Crippen molar-refractivity contribution in [2.24, 2.45) is 23.3 Å². The molecule has 0 bridgehead atoms. The summed E-state index contributed by atoms with van der Waals surface area (Å²) in [6.07, 6.45) is 0.831. The van der Waals surface area contributed by atoms with E-state index in [1.165, 1.54) is 0 Å². The van der Waals surface area contributed by atoms with Crippen molar-refractivity contribution in [3.8, 4) is 5.75 Å². The van der Waals surface area contributed by atoms with Crippen molar-refractivity contribution in [2.45, 2.75) is 20.3 Å². The average Bonchev–Trinajstić information content (AvgIpc) is 2.25. The Balaban J connectivity index is 2.80. The second-order valence-corrected chi connectivity index (χ2v) is 4.49. The van der Waals surface area contributed by atoms with Crippen molar-refractivity contribution >= 4 is 0 Å². The van der Waals surface area contributed by atoms with Gasteiger partial charge in [-0.05, 0) is 55.5 Å². The molecule has 0 saturated carbocycles. The molecule has 90 valence electrons. The van der Waals surface area contributed by atoms with Gasteiger partial charge in [0.2, 0.25) is 0 Å². The standard InChI is InChI=1S/C13H22N2O/c1-9-4-3-5-13(16)12(9)6-10(2)11(7-14)8-15/h3-5,10-11,16H,6-8,14-15H2,1-2H3. The van der Waals surface area contributed by atoms with Gasteiger partial charge in [0.1, 0.15) is 5.75 Å². The van der Waals surface area contributed by atoms with Gasteiger partial charge in [0, 0.05) is 0 Å². The highest BCUT2D eigenvalue weighted by molar-refractivity contribution is 5.38. The smallest absolute Gasteiger partial charge is 0.119 e. The first kappa shape index (κ1) is 13.0. The fourth-order valence-corrected chi connectivity index (χ4v) is 2.00. The predicted octanol–water partition coefficient (Wildman–Crippen LogP) is 1.41. The van der Waals surface area contributed by atoms with Crippen LogP contribution in [0.25, 0.3) is 0 Å². The van der Waals surface area contributed by atoms with Gasteiger partial charge < -0.3 is 16.6 Å². The molecular weight excluding hydrogens is 200 g/mol. The van der Waals surface area contributed by atoms with E-state index in [1.807, 2.05) is 19.1 Å². The molecule has 0 radical (unpaired) electrons. The Morgan fingerprint density at radius 2 is 1.88 bits per heavy atom. The third-order valence-electron chi connectivity index (χ3n) is 3.32. The summed E-state index contributed by atoms with van der Waals surface area (Å²) in [5.74, 6) is 1.08. The van der Waals surface area contributed by atoms with E-state index < -0.39 is 0 Å². The first-order chi connectivity index (χ1) is 7.60. The molecule has 3 nitrogen and oxygen atoms in total. The molecule has 1 aromatic carbocycles. The van der Waals surface area contributed by atoms with Crippen LogP contribution in [0.5, 0.6) is 5.75 Å². The van der Waals surface area contributed by atoms with Crippen LogP contribution >= 0.6 is 0 Å². The second-order valence-electron chi connectivity index (χ2n) is 4.49. The molecule has 0 saturated heterocycles. The number of phenols is 1. The summed E-state index contributed by atoms with van der Waals surface area (Å²) in [7, 11) is 0. The van der Waals surface area contributed by atoms with Crippen LogP contribution in [0.1, 0.15) is 18.1 Å². The highest BCUT2D eigenvalue weighted by Gasteiger charge is 2.17. The van der Waals surface area contributed by atoms with Crippen molar-refractivity contribution in [3.63, 3.8) is 0 Å². The normalized spacial score (nSPS) is 13.1. The Hall–Kier alpha value is -1.06. The van der Waals surface area contributed by atoms with Gasteiger partial charge in [-0.15, -0.1) is 0 Å². The Morgan fingerprint density at radius 1 is 1.25 bits per heavy atom. The molecule has 0 aliphatic heterocycles. The molecule has 1 rings (SSSR count). The van der Waals surface area contributed by atoms with E-state index in [0.29, 0.717) is 30.7 Å². The first-order valence-electron chi connectivity index (χ1n) is 5.77. The van der Waals surface area contributed by atoms with Crippen molar-refractivity contribution in [1.82, 2.24) is 0 Å². The van der Waals surface area contributed by atoms with E-state index >= 15 is 0 Å². The molecule has 0 aromatic heterocycles. The van der Waals surface area contributed by atoms with Crippen LogP contribution in [0.15, 0.2) is 18.2 Å². The molecular formula is C13H22N2O. The summed E-state index contributed by atoms with van der Waals surface area (Å²) in [5.41, 5.74) is 13.5. The predicted molar refractivity (Wildman–Crippen MR) is 67.3 cm³/mol. The van der Waals surface area contributed by atoms with Crippen LogP contribution in [-0.4, -0.2) is 18.2 Å². The summed E-state index contributed by atoms with van der Waals surface area (Å²) in [4.78, 5) is 0. The molecule has 1 atom stereocenters. The zero-order valence-corrected chi connectivity index (χ0v) is 10.1. The van der Waals surface area contributed by atoms with Gasteiger partial charge in [0.25, 0.3) is 0 Å². The SMILES string of the molecule is Cc1cccc(O)c1CC(C)C(CN)CN. The average molecular weight is 222 g/mol. The molecule has 0 spiro atoms. The van der Waals surface area contributed by atoms with Gasteiger partial charge in [-0.25, -0.2) is 0 Å². The lowest BCUT2D eigenvalue weighted by Crippen LogP contribution is -2.30. The summed E-state index contributed by atoms with van der Waals surface area (Å²) in [6, 6.07) is 5.61. The maximum absolute atomic E-state index is 9.80. The van der Waals surface area contributed by atoms with Crippen molar-refractivity contribution < 1.29 is 5.11 Å². The lowest BCUT2D eigenvalue weighted by molar-refractivity contribution is 0.365. The highest BCUT2D eigenvalue weighted by atomic mass is 16.3. The minimum Gasteiger partial charge on any atom is -0.508 e. The monoisotopic (exact) mass is 222 g/mol. The summed E-state index contributed by atoms with van der Waals surface area (Å²) in [6.45, 7) is 5.35. The number of hydrogen-bond donors (Lipinski definition) is 3. The van der Waals surface area contributed by atoms with Gasteiger partial charge in [-0.3, -0.25) is 0 Å². The Kier molecular flexibility index (Phi) is 4.77. The molecule has 5 N–H and O–H groups in total. The molecule has 16 heavy (non-hydrogen) atoms. The zero-order chi connectivity index (χ0) is 12.1. The van der Waals surface area contributed by atoms with Crippen molar-refractivity contribution in [2.75, 3.05) is 13.1 Å². The molecule has 0 aliphatic rings. The van der Waals surface area contributed by atoms with Crippen molar-refractivity contribution in [1.29, 1.82) is 0 Å². The maximum Gasteiger partial charge on any atom is 0.119 e. The zero-order valence-electron chi connectivity index (χ0n) is 10.1. The van der Waals surface area contributed by atoms with E-state index in [2.05, 4.69) is 6.92 Å². The number of rotatable bonds is 5. The van der Waals surface area contributed by atoms with Gasteiger partial charge in [-0.2, -0.15) is 0 Å². The number of aromatic hydroxyl groups is 1. The molecule has 0 heterocycles. The van der Waals surface area contributed by atoms with Crippen LogP contribution in [0.4, 0.5) is 0 Å². The minimum absolute atomic E-state index is 0.319. The van der Waals surface area contributed by atoms with Crippen LogP contribution < -0.4 is 11.5 Å². The number of nitrogens with two attached hydrogens (primary N) is 2. The lowest BCUT2D eigenvalue weighted by atomic mass is 9.87. The fraction of sp³-hybridized carbons (Fsp3) is 0.538. The number of aryl methyl sites for hydroxylation is 1. The topological polar surface area (TPSA) is 72.3 Å². The van der Waals surface area contributed by atoms with E-state index in [4.69, 9.17) is 11.5 Å². The highest BCUT2D eigenvalue weighted by Crippen LogP contribution is 2.25. The number of phenolic OH excluding ortho intramolecular Hbond substituents is 1. The Morgan fingerprint density at radius 3 is 2.38 bits per heavy atom. The van der Waals surface area contributed by atoms with Gasteiger partial charge in [0.05, 0.1) is 0 Å². The summed E-state index contributed by atoms with van der Waals surface area (Å²) >= 11 is 0. The van der Waals surface area contributed by atoms with E-state index in [0.717, 1.165) is 17.5 Å². The number of hydrogen-bond acceptors (Lipinski definition) is 3. The first-order valence-corrected chi connectivity index (χ1v) is 5.77. The van der Waals surface area contributed by atoms with E-state index in [1.54, 1.807) is 6.07 Å². The molecule has 0 fully saturated rings. The Bertz CT molecular complexity index is 314. The van der Waals surface area contributed by atoms with E-state index in [-0.39, 0.29) is 0 Å². The van der Waals surface area contributed by atoms with Crippen LogP contribution in [0.3, 0.4) is 0 Å². The third-order valence-corrected chi connectivity index (χ3v) is 3.32. The van der Waals surface area contributed by atoms with Crippen LogP contribution in [-0.2, 0) is 6.42 Å². The maximum atomic E-state index is 9.80. The van der Waals surface area contributed by atoms with Gasteiger partial charge in [0.15, 0.2) is 0 Å². The van der Waals surface area contributed by atoms with Crippen molar-refractivity contribution in [3.05, 3.63) is 29.3 Å². The summed E-state index contributed by atoms with van der Waals surface area (Å²) < 4.78 is 0. The molecule has 0 aliphatic carbocycles. The fourth-order valence-electron chi connectivity index (χ4n) is 2.00. The number of benzene rings is 1. The molecule has 1 unspecified atom stereocenters. The molecule has 3 heteroatoms. The largest absolute Gasteiger partial charge is 0.508 e. The van der Waals surface area contributed by atoms with Gasteiger partial charge in [-0.1, -0.05) is 19.1 Å². The minimum atomic E-state index is 0.319. The molecule has 1 aromatic rings. The van der Waals surface area contributed by atoms with Crippen LogP contribution in [0, 0.1) is 18.8 Å².